The third-order valence-electron chi connectivity index (χ3n) is 7.25. The molecule has 1 radical (unpaired) electrons. The second-order valence-corrected chi connectivity index (χ2v) is 7.94. The minimum absolute atomic E-state index is 0. The summed E-state index contributed by atoms with van der Waals surface area (Å²) in [5, 5.41) is 1.05. The van der Waals surface area contributed by atoms with E-state index in [1.807, 2.05) is 0 Å². The summed E-state index contributed by atoms with van der Waals surface area (Å²) >= 11 is 7.20. The molecule has 0 aliphatic heterocycles. The molecule has 0 amide bonds. The van der Waals surface area contributed by atoms with E-state index in [0.717, 1.165) is 5.38 Å². The Bertz CT molecular complexity index is 564. The molecule has 125 valence electrons. The van der Waals surface area contributed by atoms with Gasteiger partial charge in [-0.15, -0.1) is 11.6 Å². The molecular formula is C21H30ClZr. The molecule has 0 aromatic heterocycles. The fourth-order valence-corrected chi connectivity index (χ4v) is 4.91. The summed E-state index contributed by atoms with van der Waals surface area (Å²) in [7, 11) is 0. The van der Waals surface area contributed by atoms with Gasteiger partial charge in [0.15, 0.2) is 0 Å². The summed E-state index contributed by atoms with van der Waals surface area (Å²) in [6.07, 6.45) is 0. The number of halogens is 1. The van der Waals surface area contributed by atoms with Crippen molar-refractivity contribution in [1.82, 2.24) is 0 Å². The van der Waals surface area contributed by atoms with Gasteiger partial charge in [0.2, 0.25) is 0 Å². The van der Waals surface area contributed by atoms with Gasteiger partial charge in [0, 0.05) is 37.0 Å². The predicted molar refractivity (Wildman–Crippen MR) is 98.8 cm³/mol. The molecule has 0 saturated carbocycles. The first-order chi connectivity index (χ1) is 9.93. The largest absolute Gasteiger partial charge is 0.115 e. The molecular weight excluding hydrogens is 379 g/mol. The van der Waals surface area contributed by atoms with Crippen molar-refractivity contribution in [3.05, 3.63) is 50.0 Å². The average Bonchev–Trinajstić information content (AvgIpc) is 2.75. The number of hydrogen-bond acceptors (Lipinski definition) is 0. The van der Waals surface area contributed by atoms with Crippen LogP contribution in [0.25, 0.3) is 0 Å². The van der Waals surface area contributed by atoms with Gasteiger partial charge in [-0.3, -0.25) is 0 Å². The molecule has 2 aliphatic carbocycles. The Morgan fingerprint density at radius 3 is 0.913 bits per heavy atom. The van der Waals surface area contributed by atoms with Gasteiger partial charge in [-0.05, 0) is 77.7 Å². The summed E-state index contributed by atoms with van der Waals surface area (Å²) in [6.45, 7) is 22.5. The zero-order chi connectivity index (χ0) is 17.2. The van der Waals surface area contributed by atoms with Gasteiger partial charge in [-0.1, -0.05) is 36.1 Å². The van der Waals surface area contributed by atoms with Crippen molar-refractivity contribution in [3.63, 3.8) is 0 Å². The van der Waals surface area contributed by atoms with E-state index < -0.39 is 0 Å². The molecule has 0 atom stereocenters. The second kappa shape index (κ2) is 6.45. The van der Waals surface area contributed by atoms with Crippen LogP contribution in [0.1, 0.15) is 69.2 Å². The molecule has 0 spiro atoms. The van der Waals surface area contributed by atoms with Crippen molar-refractivity contribution in [3.8, 4) is 0 Å². The summed E-state index contributed by atoms with van der Waals surface area (Å²) in [5.74, 6) is 0. The summed E-state index contributed by atoms with van der Waals surface area (Å²) < 4.78 is 0. The molecule has 0 aromatic carbocycles. The topological polar surface area (TPSA) is 0 Å². The minimum Gasteiger partial charge on any atom is -0.115 e. The number of rotatable bonds is 2. The van der Waals surface area contributed by atoms with Gasteiger partial charge in [0.25, 0.3) is 0 Å². The van der Waals surface area contributed by atoms with Crippen LogP contribution in [0.15, 0.2) is 44.6 Å². The van der Waals surface area contributed by atoms with E-state index in [-0.39, 0.29) is 37.0 Å². The van der Waals surface area contributed by atoms with E-state index in [4.69, 9.17) is 11.6 Å². The van der Waals surface area contributed by atoms with Crippen LogP contribution in [0, 0.1) is 16.2 Å². The molecule has 2 rings (SSSR count). The van der Waals surface area contributed by atoms with Crippen molar-refractivity contribution in [2.24, 2.45) is 10.8 Å². The first kappa shape index (κ1) is 21.2. The van der Waals surface area contributed by atoms with E-state index in [2.05, 4.69) is 69.2 Å². The van der Waals surface area contributed by atoms with Crippen LogP contribution in [0.5, 0.6) is 0 Å². The Labute approximate surface area is 167 Å². The van der Waals surface area contributed by atoms with Crippen LogP contribution in [-0.2, 0) is 26.2 Å². The van der Waals surface area contributed by atoms with Gasteiger partial charge in [-0.25, -0.2) is 0 Å². The molecule has 0 saturated heterocycles. The van der Waals surface area contributed by atoms with E-state index in [1.54, 1.807) is 0 Å². The third kappa shape index (κ3) is 2.48. The maximum Gasteiger partial charge on any atom is 0.0916 e. The Balaban J connectivity index is 0.00000264. The molecule has 2 heteroatoms. The normalized spacial score (nSPS) is 23.5. The maximum atomic E-state index is 7.20. The molecule has 0 N–H and O–H groups in total. The molecule has 0 unspecified atom stereocenters. The van der Waals surface area contributed by atoms with Crippen LogP contribution >= 0.6 is 11.6 Å². The first-order valence-electron chi connectivity index (χ1n) is 8.19. The van der Waals surface area contributed by atoms with Crippen molar-refractivity contribution in [2.45, 2.75) is 69.2 Å². The monoisotopic (exact) mass is 407 g/mol. The Kier molecular flexibility index (Phi) is 5.94. The molecule has 0 fully saturated rings. The van der Waals surface area contributed by atoms with Gasteiger partial charge >= 0.3 is 0 Å². The van der Waals surface area contributed by atoms with Crippen molar-refractivity contribution in [1.29, 1.82) is 0 Å². The van der Waals surface area contributed by atoms with Crippen LogP contribution in [0.4, 0.5) is 0 Å². The van der Waals surface area contributed by atoms with Crippen LogP contribution in [0.3, 0.4) is 0 Å². The van der Waals surface area contributed by atoms with Crippen LogP contribution in [-0.4, -0.2) is 0 Å². The molecule has 23 heavy (non-hydrogen) atoms. The van der Waals surface area contributed by atoms with Gasteiger partial charge < -0.3 is 0 Å². The van der Waals surface area contributed by atoms with E-state index >= 15 is 0 Å². The third-order valence-corrected chi connectivity index (χ3v) is 8.01. The Morgan fingerprint density at radius 2 is 0.739 bits per heavy atom. The molecule has 0 aromatic rings. The van der Waals surface area contributed by atoms with Crippen molar-refractivity contribution >= 4 is 11.6 Å². The summed E-state index contributed by atoms with van der Waals surface area (Å²) in [6, 6.07) is 0. The Hall–Kier alpha value is 0.133. The molecule has 0 nitrogen and oxygen atoms in total. The molecule has 0 bridgehead atoms. The zero-order valence-electron chi connectivity index (χ0n) is 16.4. The summed E-state index contributed by atoms with van der Waals surface area (Å²) in [5.41, 5.74) is 10.9. The molecule has 0 heterocycles. The quantitative estimate of drug-likeness (QED) is 0.455. The predicted octanol–water partition coefficient (Wildman–Crippen LogP) is 7.14. The first-order valence-corrected chi connectivity index (χ1v) is 8.57. The second-order valence-electron chi connectivity index (χ2n) is 7.56. The van der Waals surface area contributed by atoms with Crippen LogP contribution in [0.2, 0.25) is 0 Å². The van der Waals surface area contributed by atoms with Crippen molar-refractivity contribution in [2.75, 3.05) is 0 Å². The number of hydrogen-bond donors (Lipinski definition) is 0. The van der Waals surface area contributed by atoms with Gasteiger partial charge in [0.05, 0.1) is 5.38 Å². The van der Waals surface area contributed by atoms with Crippen molar-refractivity contribution < 1.29 is 26.2 Å². The average molecular weight is 409 g/mol. The van der Waals surface area contributed by atoms with Gasteiger partial charge in [-0.2, -0.15) is 0 Å². The van der Waals surface area contributed by atoms with E-state index in [0.29, 0.717) is 0 Å². The van der Waals surface area contributed by atoms with E-state index in [9.17, 15) is 0 Å². The smallest absolute Gasteiger partial charge is 0.0916 e. The standard InChI is InChI=1S/C21H30Cl.Zr/c1-11-12(2)16(6)20(9,15(11)5)19(22)21(10)17(7)13(3)14(4)18(21)8;/h1-10H3;. The molecule has 2 aliphatic rings. The van der Waals surface area contributed by atoms with Gasteiger partial charge in [0.1, 0.15) is 0 Å². The zero-order valence-corrected chi connectivity index (χ0v) is 19.6. The Morgan fingerprint density at radius 1 is 0.565 bits per heavy atom. The fourth-order valence-electron chi connectivity index (χ4n) is 4.35. The fraction of sp³-hybridized carbons (Fsp3) is 0.571. The summed E-state index contributed by atoms with van der Waals surface area (Å²) in [4.78, 5) is 0. The SMILES string of the molecule is CC1=C(C)C(C)([C](Cl)C2(C)C(C)=C(C)C(C)=C2C)C(C)=C1C.[Zr]. The minimum atomic E-state index is -0.155. The number of allylic oxidation sites excluding steroid dienone is 8. The van der Waals surface area contributed by atoms with E-state index in [1.165, 1.54) is 44.6 Å². The van der Waals surface area contributed by atoms with Crippen LogP contribution < -0.4 is 0 Å². The maximum absolute atomic E-state index is 7.20.